The Hall–Kier alpha value is -0.630. The quantitative estimate of drug-likeness (QED) is 0.678. The summed E-state index contributed by atoms with van der Waals surface area (Å²) in [5.74, 6) is -0.441. The van der Waals surface area contributed by atoms with E-state index in [1.165, 1.54) is 0 Å². The summed E-state index contributed by atoms with van der Waals surface area (Å²) in [5.41, 5.74) is 0.869. The van der Waals surface area contributed by atoms with Crippen LogP contribution in [0.5, 0.6) is 0 Å². The third kappa shape index (κ3) is 2.96. The summed E-state index contributed by atoms with van der Waals surface area (Å²) in [7, 11) is 0. The van der Waals surface area contributed by atoms with Crippen molar-refractivity contribution in [2.45, 2.75) is 27.2 Å². The number of aromatic nitrogens is 1. The summed E-state index contributed by atoms with van der Waals surface area (Å²) in [5, 5.41) is 0.199. The van der Waals surface area contributed by atoms with E-state index >= 15 is 0 Å². The SMILES string of the molecule is CC(C)(C)Cc1cncc(F)c1Cl. The lowest BCUT2D eigenvalue weighted by molar-refractivity contribution is 0.409. The number of hydrogen-bond donors (Lipinski definition) is 0. The monoisotopic (exact) mass is 201 g/mol. The second-order valence-electron chi connectivity index (χ2n) is 4.33. The molecular weight excluding hydrogens is 189 g/mol. The molecule has 0 atom stereocenters. The highest BCUT2D eigenvalue weighted by molar-refractivity contribution is 6.31. The number of rotatable bonds is 1. The molecule has 0 bridgehead atoms. The smallest absolute Gasteiger partial charge is 0.160 e. The van der Waals surface area contributed by atoms with E-state index in [9.17, 15) is 4.39 Å². The first-order valence-electron chi connectivity index (χ1n) is 4.18. The number of halogens is 2. The molecule has 0 saturated heterocycles. The molecule has 0 amide bonds. The predicted molar refractivity (Wildman–Crippen MR) is 52.4 cm³/mol. The van der Waals surface area contributed by atoms with Crippen LogP contribution in [0.25, 0.3) is 0 Å². The first kappa shape index (κ1) is 10.5. The summed E-state index contributed by atoms with van der Waals surface area (Å²) in [4.78, 5) is 3.77. The van der Waals surface area contributed by atoms with Gasteiger partial charge in [-0.1, -0.05) is 32.4 Å². The zero-order valence-electron chi connectivity index (χ0n) is 8.06. The van der Waals surface area contributed by atoms with Gasteiger partial charge < -0.3 is 0 Å². The molecule has 3 heteroatoms. The highest BCUT2D eigenvalue weighted by Crippen LogP contribution is 2.26. The summed E-state index contributed by atoms with van der Waals surface area (Å²) in [6.45, 7) is 6.23. The van der Waals surface area contributed by atoms with E-state index < -0.39 is 5.82 Å². The fourth-order valence-corrected chi connectivity index (χ4v) is 1.32. The van der Waals surface area contributed by atoms with E-state index in [0.717, 1.165) is 18.2 Å². The second kappa shape index (κ2) is 3.62. The van der Waals surface area contributed by atoms with Crippen LogP contribution in [0.1, 0.15) is 26.3 Å². The zero-order chi connectivity index (χ0) is 10.1. The van der Waals surface area contributed by atoms with Gasteiger partial charge in [-0.05, 0) is 17.4 Å². The average molecular weight is 202 g/mol. The molecule has 0 aliphatic rings. The van der Waals surface area contributed by atoms with Crippen molar-refractivity contribution in [3.8, 4) is 0 Å². The molecule has 0 aromatic carbocycles. The molecular formula is C10H13ClFN. The minimum absolute atomic E-state index is 0.0963. The van der Waals surface area contributed by atoms with E-state index in [1.54, 1.807) is 6.20 Å². The van der Waals surface area contributed by atoms with Gasteiger partial charge in [-0.15, -0.1) is 0 Å². The minimum Gasteiger partial charge on any atom is -0.261 e. The molecule has 1 heterocycles. The third-order valence-electron chi connectivity index (χ3n) is 1.63. The number of pyridine rings is 1. The van der Waals surface area contributed by atoms with Crippen LogP contribution >= 0.6 is 11.6 Å². The molecule has 0 aliphatic heterocycles. The predicted octanol–water partition coefficient (Wildman–Crippen LogP) is 3.46. The van der Waals surface area contributed by atoms with Crippen LogP contribution in [-0.4, -0.2) is 4.98 Å². The Morgan fingerprint density at radius 1 is 1.38 bits per heavy atom. The zero-order valence-corrected chi connectivity index (χ0v) is 8.82. The summed E-state index contributed by atoms with van der Waals surface area (Å²) in [6.07, 6.45) is 3.49. The Kier molecular flexibility index (Phi) is 2.91. The van der Waals surface area contributed by atoms with Crippen molar-refractivity contribution in [3.05, 3.63) is 28.8 Å². The Morgan fingerprint density at radius 2 is 2.00 bits per heavy atom. The van der Waals surface area contributed by atoms with Gasteiger partial charge in [0.25, 0.3) is 0 Å². The van der Waals surface area contributed by atoms with E-state index in [-0.39, 0.29) is 10.4 Å². The maximum absolute atomic E-state index is 13.0. The Morgan fingerprint density at radius 3 is 2.54 bits per heavy atom. The van der Waals surface area contributed by atoms with Crippen LogP contribution < -0.4 is 0 Å². The molecule has 0 radical (unpaired) electrons. The van der Waals surface area contributed by atoms with Gasteiger partial charge in [0, 0.05) is 6.20 Å². The summed E-state index contributed by atoms with van der Waals surface area (Å²) >= 11 is 5.78. The van der Waals surface area contributed by atoms with Gasteiger partial charge in [-0.2, -0.15) is 0 Å². The van der Waals surface area contributed by atoms with E-state index in [0.29, 0.717) is 0 Å². The van der Waals surface area contributed by atoms with Crippen LogP contribution in [-0.2, 0) is 6.42 Å². The molecule has 0 spiro atoms. The maximum atomic E-state index is 13.0. The number of hydrogen-bond acceptors (Lipinski definition) is 1. The van der Waals surface area contributed by atoms with Crippen molar-refractivity contribution in [3.63, 3.8) is 0 Å². The van der Waals surface area contributed by atoms with Crippen molar-refractivity contribution >= 4 is 11.6 Å². The highest BCUT2D eigenvalue weighted by atomic mass is 35.5. The third-order valence-corrected chi connectivity index (χ3v) is 2.05. The first-order chi connectivity index (χ1) is 5.90. The van der Waals surface area contributed by atoms with Crippen LogP contribution in [0.4, 0.5) is 4.39 Å². The Balaban J connectivity index is 2.96. The lowest BCUT2D eigenvalue weighted by Crippen LogP contribution is -2.10. The fraction of sp³-hybridized carbons (Fsp3) is 0.500. The molecule has 1 aromatic rings. The molecule has 0 fully saturated rings. The Labute approximate surface area is 82.9 Å². The van der Waals surface area contributed by atoms with E-state index in [4.69, 9.17) is 11.6 Å². The molecule has 72 valence electrons. The van der Waals surface area contributed by atoms with Crippen LogP contribution in [0, 0.1) is 11.2 Å². The van der Waals surface area contributed by atoms with Gasteiger partial charge in [-0.25, -0.2) is 4.39 Å². The molecule has 1 rings (SSSR count). The van der Waals surface area contributed by atoms with Gasteiger partial charge in [0.05, 0.1) is 11.2 Å². The average Bonchev–Trinajstić information content (AvgIpc) is 1.96. The maximum Gasteiger partial charge on any atom is 0.160 e. The van der Waals surface area contributed by atoms with Crippen molar-refractivity contribution in [2.75, 3.05) is 0 Å². The van der Waals surface area contributed by atoms with Gasteiger partial charge in [0.2, 0.25) is 0 Å². The standard InChI is InChI=1S/C10H13ClFN/c1-10(2,3)4-7-5-13-6-8(12)9(7)11/h5-6H,4H2,1-3H3. The van der Waals surface area contributed by atoms with Gasteiger partial charge in [0.1, 0.15) is 0 Å². The van der Waals surface area contributed by atoms with Crippen molar-refractivity contribution < 1.29 is 4.39 Å². The van der Waals surface area contributed by atoms with Crippen LogP contribution in [0.3, 0.4) is 0 Å². The lowest BCUT2D eigenvalue weighted by Gasteiger charge is -2.18. The normalized spacial score (nSPS) is 11.8. The lowest BCUT2D eigenvalue weighted by atomic mass is 9.89. The molecule has 0 N–H and O–H groups in total. The van der Waals surface area contributed by atoms with Gasteiger partial charge >= 0.3 is 0 Å². The van der Waals surface area contributed by atoms with Crippen molar-refractivity contribution in [1.82, 2.24) is 4.98 Å². The van der Waals surface area contributed by atoms with Gasteiger partial charge in [-0.3, -0.25) is 4.98 Å². The topological polar surface area (TPSA) is 12.9 Å². The Bertz CT molecular complexity index is 304. The van der Waals surface area contributed by atoms with Gasteiger partial charge in [0.15, 0.2) is 5.82 Å². The first-order valence-corrected chi connectivity index (χ1v) is 4.56. The molecule has 13 heavy (non-hydrogen) atoms. The fourth-order valence-electron chi connectivity index (χ4n) is 1.15. The molecule has 1 aromatic heterocycles. The molecule has 0 unspecified atom stereocenters. The highest BCUT2D eigenvalue weighted by Gasteiger charge is 2.15. The van der Waals surface area contributed by atoms with Crippen LogP contribution in [0.15, 0.2) is 12.4 Å². The van der Waals surface area contributed by atoms with E-state index in [2.05, 4.69) is 25.8 Å². The second-order valence-corrected chi connectivity index (χ2v) is 4.71. The van der Waals surface area contributed by atoms with Crippen LogP contribution in [0.2, 0.25) is 5.02 Å². The summed E-state index contributed by atoms with van der Waals surface area (Å²) < 4.78 is 13.0. The van der Waals surface area contributed by atoms with Crippen molar-refractivity contribution in [2.24, 2.45) is 5.41 Å². The molecule has 1 nitrogen and oxygen atoms in total. The largest absolute Gasteiger partial charge is 0.261 e. The minimum atomic E-state index is -0.441. The van der Waals surface area contributed by atoms with Crippen molar-refractivity contribution in [1.29, 1.82) is 0 Å². The molecule has 0 aliphatic carbocycles. The summed E-state index contributed by atoms with van der Waals surface area (Å²) in [6, 6.07) is 0. The molecule has 0 saturated carbocycles. The van der Waals surface area contributed by atoms with E-state index in [1.807, 2.05) is 0 Å². The number of nitrogens with zero attached hydrogens (tertiary/aromatic N) is 1.